The molecule has 0 aromatic heterocycles. The Hall–Kier alpha value is -0.420. The van der Waals surface area contributed by atoms with Crippen molar-refractivity contribution < 1.29 is 0 Å². The van der Waals surface area contributed by atoms with Gasteiger partial charge in [-0.05, 0) is 38.6 Å². The summed E-state index contributed by atoms with van der Waals surface area (Å²) in [6.45, 7) is 8.67. The Balaban J connectivity index is 2.23. The monoisotopic (exact) mass is 286 g/mol. The molecule has 2 N–H and O–H groups in total. The first-order valence-corrected chi connectivity index (χ1v) is 8.74. The molecule has 1 saturated carbocycles. The molecule has 1 aliphatic carbocycles. The summed E-state index contributed by atoms with van der Waals surface area (Å²) in [6, 6.07) is 0.595. The minimum Gasteiger partial charge on any atom is -0.355 e. The molecule has 0 saturated heterocycles. The van der Waals surface area contributed by atoms with Gasteiger partial charge in [0.05, 0.1) is 0 Å². The van der Waals surface area contributed by atoms with E-state index in [9.17, 15) is 0 Å². The van der Waals surface area contributed by atoms with Gasteiger partial charge in [0, 0.05) is 31.4 Å². The Morgan fingerprint density at radius 2 is 2.05 bits per heavy atom. The van der Waals surface area contributed by atoms with E-state index < -0.39 is 0 Å². The first-order chi connectivity index (χ1) is 9.23. The second kappa shape index (κ2) is 9.48. The largest absolute Gasteiger partial charge is 0.355 e. The van der Waals surface area contributed by atoms with Crippen LogP contribution >= 0.6 is 11.8 Å². The summed E-state index contributed by atoms with van der Waals surface area (Å²) in [7, 11) is 1.85. The molecule has 0 radical (unpaired) electrons. The van der Waals surface area contributed by atoms with Crippen LogP contribution in [0.5, 0.6) is 0 Å². The summed E-state index contributed by atoms with van der Waals surface area (Å²) >= 11 is 1.99. The molecule has 0 amide bonds. The highest BCUT2D eigenvalue weighted by Crippen LogP contribution is 2.27. The second-order valence-corrected chi connectivity index (χ2v) is 6.18. The third-order valence-electron chi connectivity index (χ3n) is 3.90. The zero-order valence-corrected chi connectivity index (χ0v) is 13.7. The van der Waals surface area contributed by atoms with Crippen molar-refractivity contribution in [2.24, 2.45) is 4.99 Å². The average molecular weight is 286 g/mol. The fraction of sp³-hybridized carbons (Fsp3) is 0.929. The lowest BCUT2D eigenvalue weighted by Gasteiger charge is -2.21. The van der Waals surface area contributed by atoms with Crippen molar-refractivity contribution in [2.45, 2.75) is 44.4 Å². The van der Waals surface area contributed by atoms with Crippen LogP contribution in [0.25, 0.3) is 0 Å². The van der Waals surface area contributed by atoms with Crippen LogP contribution in [-0.4, -0.2) is 61.6 Å². The van der Waals surface area contributed by atoms with Gasteiger partial charge < -0.3 is 15.5 Å². The number of thioether (sulfide) groups is 1. The molecule has 0 bridgehead atoms. The molecule has 112 valence electrons. The van der Waals surface area contributed by atoms with Gasteiger partial charge in [0.2, 0.25) is 0 Å². The fourth-order valence-corrected chi connectivity index (χ4v) is 3.34. The highest BCUT2D eigenvalue weighted by atomic mass is 32.2. The predicted molar refractivity (Wildman–Crippen MR) is 87.2 cm³/mol. The second-order valence-electron chi connectivity index (χ2n) is 5.04. The number of rotatable bonds is 7. The average Bonchev–Trinajstić information content (AvgIpc) is 2.90. The van der Waals surface area contributed by atoms with E-state index in [0.717, 1.165) is 37.4 Å². The van der Waals surface area contributed by atoms with E-state index in [4.69, 9.17) is 0 Å². The summed E-state index contributed by atoms with van der Waals surface area (Å²) in [6.07, 6.45) is 6.07. The van der Waals surface area contributed by atoms with Crippen molar-refractivity contribution in [1.29, 1.82) is 0 Å². The van der Waals surface area contributed by atoms with E-state index in [2.05, 4.69) is 40.6 Å². The maximum atomic E-state index is 4.32. The molecule has 5 heteroatoms. The lowest BCUT2D eigenvalue weighted by molar-refractivity contribution is 0.308. The Bertz CT molecular complexity index is 266. The Labute approximate surface area is 122 Å². The molecular formula is C14H30N4S. The maximum absolute atomic E-state index is 4.32. The molecule has 1 aliphatic rings. The summed E-state index contributed by atoms with van der Waals surface area (Å²) in [5.74, 6) is 0.957. The van der Waals surface area contributed by atoms with Crippen LogP contribution in [0.1, 0.15) is 33.1 Å². The zero-order chi connectivity index (χ0) is 14.1. The van der Waals surface area contributed by atoms with Gasteiger partial charge in [-0.25, -0.2) is 0 Å². The molecule has 4 nitrogen and oxygen atoms in total. The predicted octanol–water partition coefficient (Wildman–Crippen LogP) is 1.78. The van der Waals surface area contributed by atoms with E-state index >= 15 is 0 Å². The Morgan fingerprint density at radius 1 is 1.32 bits per heavy atom. The van der Waals surface area contributed by atoms with Crippen LogP contribution in [0.4, 0.5) is 0 Å². The molecular weight excluding hydrogens is 256 g/mol. The SMILES string of the molecule is CCN(CC)CCNC(=NC)NC1CCC(SC)C1. The van der Waals surface area contributed by atoms with E-state index in [1.54, 1.807) is 0 Å². The summed E-state index contributed by atoms with van der Waals surface area (Å²) in [4.78, 5) is 6.74. The minimum atomic E-state index is 0.595. The van der Waals surface area contributed by atoms with Crippen molar-refractivity contribution in [3.8, 4) is 0 Å². The van der Waals surface area contributed by atoms with E-state index in [1.165, 1.54) is 19.3 Å². The molecule has 0 aromatic carbocycles. The van der Waals surface area contributed by atoms with Gasteiger partial charge in [-0.15, -0.1) is 0 Å². The smallest absolute Gasteiger partial charge is 0.191 e. The number of aliphatic imine (C=N–C) groups is 1. The van der Waals surface area contributed by atoms with Crippen molar-refractivity contribution in [3.63, 3.8) is 0 Å². The van der Waals surface area contributed by atoms with E-state index in [-0.39, 0.29) is 0 Å². The van der Waals surface area contributed by atoms with Gasteiger partial charge in [-0.1, -0.05) is 13.8 Å². The van der Waals surface area contributed by atoms with E-state index in [0.29, 0.717) is 6.04 Å². The quantitative estimate of drug-likeness (QED) is 0.553. The third-order valence-corrected chi connectivity index (χ3v) is 4.99. The van der Waals surface area contributed by atoms with Crippen LogP contribution in [0.3, 0.4) is 0 Å². The topological polar surface area (TPSA) is 39.7 Å². The molecule has 0 spiro atoms. The van der Waals surface area contributed by atoms with Crippen molar-refractivity contribution in [3.05, 3.63) is 0 Å². The van der Waals surface area contributed by atoms with Crippen molar-refractivity contribution in [2.75, 3.05) is 39.5 Å². The van der Waals surface area contributed by atoms with Gasteiger partial charge in [0.25, 0.3) is 0 Å². The number of likely N-dealkylation sites (N-methyl/N-ethyl adjacent to an activating group) is 1. The molecule has 0 heterocycles. The molecule has 1 fully saturated rings. The van der Waals surface area contributed by atoms with Gasteiger partial charge in [-0.3, -0.25) is 4.99 Å². The standard InChI is InChI=1S/C14H30N4S/c1-5-18(6-2)10-9-16-14(15-3)17-12-7-8-13(11-12)19-4/h12-13H,5-11H2,1-4H3,(H2,15,16,17). The fourth-order valence-electron chi connectivity index (χ4n) is 2.55. The summed E-state index contributed by atoms with van der Waals surface area (Å²) in [5.41, 5.74) is 0. The normalized spacial score (nSPS) is 23.9. The highest BCUT2D eigenvalue weighted by Gasteiger charge is 2.24. The molecule has 2 unspecified atom stereocenters. The molecule has 0 aromatic rings. The van der Waals surface area contributed by atoms with Crippen LogP contribution in [0, 0.1) is 0 Å². The number of guanidine groups is 1. The maximum Gasteiger partial charge on any atom is 0.191 e. The third kappa shape index (κ3) is 6.04. The number of nitrogens with zero attached hydrogens (tertiary/aromatic N) is 2. The molecule has 1 rings (SSSR count). The van der Waals surface area contributed by atoms with Crippen LogP contribution in [0.2, 0.25) is 0 Å². The molecule has 0 aliphatic heterocycles. The number of hydrogen-bond acceptors (Lipinski definition) is 3. The summed E-state index contributed by atoms with van der Waals surface area (Å²) in [5, 5.41) is 7.79. The lowest BCUT2D eigenvalue weighted by atomic mass is 10.2. The van der Waals surface area contributed by atoms with Gasteiger partial charge >= 0.3 is 0 Å². The first kappa shape index (κ1) is 16.6. The summed E-state index contributed by atoms with van der Waals surface area (Å²) < 4.78 is 0. The van der Waals surface area contributed by atoms with Crippen LogP contribution < -0.4 is 10.6 Å². The molecule has 2 atom stereocenters. The number of hydrogen-bond donors (Lipinski definition) is 2. The Kier molecular flexibility index (Phi) is 8.30. The highest BCUT2D eigenvalue weighted by molar-refractivity contribution is 7.99. The van der Waals surface area contributed by atoms with Crippen molar-refractivity contribution >= 4 is 17.7 Å². The van der Waals surface area contributed by atoms with E-state index in [1.807, 2.05) is 18.8 Å². The number of nitrogens with one attached hydrogen (secondary N) is 2. The minimum absolute atomic E-state index is 0.595. The first-order valence-electron chi connectivity index (χ1n) is 7.45. The zero-order valence-electron chi connectivity index (χ0n) is 12.9. The van der Waals surface area contributed by atoms with Crippen molar-refractivity contribution in [1.82, 2.24) is 15.5 Å². The molecule has 19 heavy (non-hydrogen) atoms. The van der Waals surface area contributed by atoms with Gasteiger partial charge in [0.1, 0.15) is 0 Å². The Morgan fingerprint density at radius 3 is 2.58 bits per heavy atom. The van der Waals surface area contributed by atoms with Crippen LogP contribution in [-0.2, 0) is 0 Å². The lowest BCUT2D eigenvalue weighted by Crippen LogP contribution is -2.45. The van der Waals surface area contributed by atoms with Gasteiger partial charge in [-0.2, -0.15) is 11.8 Å². The van der Waals surface area contributed by atoms with Crippen LogP contribution in [0.15, 0.2) is 4.99 Å². The van der Waals surface area contributed by atoms with Gasteiger partial charge in [0.15, 0.2) is 5.96 Å².